The fourth-order valence-corrected chi connectivity index (χ4v) is 2.78. The topological polar surface area (TPSA) is 77.0 Å². The number of esters is 1. The summed E-state index contributed by atoms with van der Waals surface area (Å²) in [5.74, 6) is -0.332. The molecule has 0 spiro atoms. The van der Waals surface area contributed by atoms with Gasteiger partial charge in [-0.2, -0.15) is 5.10 Å². The predicted molar refractivity (Wildman–Crippen MR) is 116 cm³/mol. The Hall–Kier alpha value is -3.64. The van der Waals surface area contributed by atoms with Crippen LogP contribution in [0.25, 0.3) is 0 Å². The number of nitrogens with zero attached hydrogens (tertiary/aromatic N) is 1. The molecule has 0 aliphatic carbocycles. The summed E-state index contributed by atoms with van der Waals surface area (Å²) in [5, 5.41) is 4.26. The molecule has 0 bridgehead atoms. The van der Waals surface area contributed by atoms with E-state index in [0.29, 0.717) is 21.9 Å². The third kappa shape index (κ3) is 5.24. The van der Waals surface area contributed by atoms with E-state index < -0.39 is 5.97 Å². The van der Waals surface area contributed by atoms with Crippen molar-refractivity contribution in [2.45, 2.75) is 6.92 Å². The van der Waals surface area contributed by atoms with Gasteiger partial charge < -0.3 is 9.47 Å². The maximum absolute atomic E-state index is 12.4. The van der Waals surface area contributed by atoms with Gasteiger partial charge >= 0.3 is 5.97 Å². The fourth-order valence-electron chi connectivity index (χ4n) is 2.57. The van der Waals surface area contributed by atoms with Crippen LogP contribution in [0.4, 0.5) is 0 Å². The molecule has 0 atom stereocenters. The summed E-state index contributed by atoms with van der Waals surface area (Å²) in [4.78, 5) is 24.4. The highest BCUT2D eigenvalue weighted by Crippen LogP contribution is 2.29. The van der Waals surface area contributed by atoms with E-state index in [0.717, 1.165) is 5.56 Å². The van der Waals surface area contributed by atoms with Gasteiger partial charge in [0.25, 0.3) is 5.91 Å². The predicted octanol–water partition coefficient (Wildman–Crippen LogP) is 4.64. The van der Waals surface area contributed by atoms with Gasteiger partial charge in [0.05, 0.1) is 23.9 Å². The summed E-state index contributed by atoms with van der Waals surface area (Å²) in [6.07, 6.45) is 1.47. The van der Waals surface area contributed by atoms with Gasteiger partial charge in [-0.05, 0) is 55.0 Å². The molecule has 0 aromatic heterocycles. The summed E-state index contributed by atoms with van der Waals surface area (Å²) in [7, 11) is 1.46. The number of hydrogen-bond donors (Lipinski definition) is 1. The maximum atomic E-state index is 12.4. The molecule has 0 aliphatic rings. The first-order chi connectivity index (χ1) is 14.5. The number of carbonyl (C=O) groups is 2. The molecule has 0 heterocycles. The molecular weight excluding hydrogens is 404 g/mol. The van der Waals surface area contributed by atoms with E-state index in [2.05, 4.69) is 10.5 Å². The SMILES string of the molecule is COc1cc(/C=N\NC(=O)c2ccc(C)cc2)ccc1OC(=O)c1ccccc1Cl. The zero-order valence-corrected chi connectivity index (χ0v) is 17.1. The smallest absolute Gasteiger partial charge is 0.345 e. The van der Waals surface area contributed by atoms with Crippen molar-refractivity contribution in [2.75, 3.05) is 7.11 Å². The van der Waals surface area contributed by atoms with Crippen LogP contribution < -0.4 is 14.9 Å². The molecule has 3 aromatic carbocycles. The standard InChI is InChI=1S/C23H19ClN2O4/c1-15-7-10-17(11-8-15)22(27)26-25-14-16-9-12-20(21(13-16)29-2)30-23(28)18-5-3-4-6-19(18)24/h3-14H,1-2H3,(H,26,27)/b25-14-. The number of rotatable bonds is 6. The third-order valence-corrected chi connectivity index (χ3v) is 4.51. The lowest BCUT2D eigenvalue weighted by Gasteiger charge is -2.10. The summed E-state index contributed by atoms with van der Waals surface area (Å²) in [5.41, 5.74) is 4.95. The molecule has 1 N–H and O–H groups in total. The first-order valence-corrected chi connectivity index (χ1v) is 9.40. The number of hydrogen-bond acceptors (Lipinski definition) is 5. The van der Waals surface area contributed by atoms with Crippen LogP contribution in [0, 0.1) is 6.92 Å². The number of halogens is 1. The molecule has 3 aromatic rings. The number of methoxy groups -OCH3 is 1. The van der Waals surface area contributed by atoms with Crippen LogP contribution in [0.5, 0.6) is 11.5 Å². The molecule has 152 valence electrons. The van der Waals surface area contributed by atoms with Crippen LogP contribution in [0.1, 0.15) is 31.8 Å². The second kappa shape index (κ2) is 9.71. The highest BCUT2D eigenvalue weighted by atomic mass is 35.5. The van der Waals surface area contributed by atoms with Gasteiger partial charge in [0.2, 0.25) is 0 Å². The Labute approximate surface area is 179 Å². The van der Waals surface area contributed by atoms with Gasteiger partial charge in [0.1, 0.15) is 0 Å². The lowest BCUT2D eigenvalue weighted by atomic mass is 10.1. The molecule has 7 heteroatoms. The van der Waals surface area contributed by atoms with Crippen molar-refractivity contribution in [1.29, 1.82) is 0 Å². The van der Waals surface area contributed by atoms with E-state index >= 15 is 0 Å². The van der Waals surface area contributed by atoms with Crippen molar-refractivity contribution in [1.82, 2.24) is 5.43 Å². The van der Waals surface area contributed by atoms with Gasteiger partial charge in [0.15, 0.2) is 11.5 Å². The molecule has 6 nitrogen and oxygen atoms in total. The maximum Gasteiger partial charge on any atom is 0.345 e. The zero-order valence-electron chi connectivity index (χ0n) is 16.4. The Balaban J connectivity index is 1.68. The van der Waals surface area contributed by atoms with E-state index in [9.17, 15) is 9.59 Å². The first-order valence-electron chi connectivity index (χ1n) is 9.03. The van der Waals surface area contributed by atoms with Gasteiger partial charge in [-0.15, -0.1) is 0 Å². The number of benzene rings is 3. The van der Waals surface area contributed by atoms with E-state index in [4.69, 9.17) is 21.1 Å². The summed E-state index contributed by atoms with van der Waals surface area (Å²) in [6.45, 7) is 1.95. The van der Waals surface area contributed by atoms with Crippen molar-refractivity contribution in [3.8, 4) is 11.5 Å². The van der Waals surface area contributed by atoms with Crippen LogP contribution in [0.3, 0.4) is 0 Å². The lowest BCUT2D eigenvalue weighted by Crippen LogP contribution is -2.17. The van der Waals surface area contributed by atoms with E-state index in [1.165, 1.54) is 13.3 Å². The third-order valence-electron chi connectivity index (χ3n) is 4.18. The summed E-state index contributed by atoms with van der Waals surface area (Å²) in [6, 6.07) is 18.7. The average Bonchev–Trinajstić information content (AvgIpc) is 2.75. The van der Waals surface area contributed by atoms with Crippen LogP contribution >= 0.6 is 11.6 Å². The first kappa shape index (κ1) is 21.1. The minimum absolute atomic E-state index is 0.239. The summed E-state index contributed by atoms with van der Waals surface area (Å²) < 4.78 is 10.7. The molecule has 0 saturated heterocycles. The minimum atomic E-state index is -0.592. The highest BCUT2D eigenvalue weighted by molar-refractivity contribution is 6.33. The molecule has 30 heavy (non-hydrogen) atoms. The van der Waals surface area contributed by atoms with Gasteiger partial charge in [0, 0.05) is 5.56 Å². The normalized spacial score (nSPS) is 10.6. The highest BCUT2D eigenvalue weighted by Gasteiger charge is 2.15. The van der Waals surface area contributed by atoms with Crippen molar-refractivity contribution in [2.24, 2.45) is 5.10 Å². The Morgan fingerprint density at radius 2 is 1.73 bits per heavy atom. The Bertz CT molecular complexity index is 1090. The lowest BCUT2D eigenvalue weighted by molar-refractivity contribution is 0.0729. The number of nitrogens with one attached hydrogen (secondary N) is 1. The zero-order chi connectivity index (χ0) is 21.5. The summed E-state index contributed by atoms with van der Waals surface area (Å²) >= 11 is 6.03. The monoisotopic (exact) mass is 422 g/mol. The van der Waals surface area contributed by atoms with E-state index in [1.54, 1.807) is 54.6 Å². The molecule has 0 fully saturated rings. The van der Waals surface area contributed by atoms with Gasteiger partial charge in [-0.1, -0.05) is 41.4 Å². The fraction of sp³-hybridized carbons (Fsp3) is 0.0870. The van der Waals surface area contributed by atoms with Crippen LogP contribution in [-0.2, 0) is 0 Å². The van der Waals surface area contributed by atoms with Crippen molar-refractivity contribution < 1.29 is 19.1 Å². The molecule has 3 rings (SSSR count). The molecule has 1 amide bonds. The number of ether oxygens (including phenoxy) is 2. The quantitative estimate of drug-likeness (QED) is 0.272. The van der Waals surface area contributed by atoms with Crippen molar-refractivity contribution >= 4 is 29.7 Å². The van der Waals surface area contributed by atoms with Crippen molar-refractivity contribution in [3.63, 3.8) is 0 Å². The molecule has 0 radical (unpaired) electrons. The van der Waals surface area contributed by atoms with Crippen LogP contribution in [0.2, 0.25) is 5.02 Å². The van der Waals surface area contributed by atoms with Crippen LogP contribution in [-0.4, -0.2) is 25.2 Å². The van der Waals surface area contributed by atoms with E-state index in [-0.39, 0.29) is 17.2 Å². The van der Waals surface area contributed by atoms with E-state index in [1.807, 2.05) is 19.1 Å². The molecular formula is C23H19ClN2O4. The van der Waals surface area contributed by atoms with Gasteiger partial charge in [-0.3, -0.25) is 4.79 Å². The number of aryl methyl sites for hydroxylation is 1. The average molecular weight is 423 g/mol. The number of amides is 1. The second-order valence-electron chi connectivity index (χ2n) is 6.34. The molecule has 0 aliphatic heterocycles. The number of carbonyl (C=O) groups excluding carboxylic acids is 2. The number of hydrazone groups is 1. The molecule has 0 saturated carbocycles. The van der Waals surface area contributed by atoms with Crippen LogP contribution in [0.15, 0.2) is 71.8 Å². The Morgan fingerprint density at radius 3 is 2.43 bits per heavy atom. The Morgan fingerprint density at radius 1 is 1.00 bits per heavy atom. The largest absolute Gasteiger partial charge is 0.493 e. The van der Waals surface area contributed by atoms with Gasteiger partial charge in [-0.25, -0.2) is 10.2 Å². The Kier molecular flexibility index (Phi) is 6.83. The second-order valence-corrected chi connectivity index (χ2v) is 6.75. The minimum Gasteiger partial charge on any atom is -0.493 e. The molecule has 0 unspecified atom stereocenters. The van der Waals surface area contributed by atoms with Crippen molar-refractivity contribution in [3.05, 3.63) is 94.0 Å².